The molecule has 1 aromatic carbocycles. The first kappa shape index (κ1) is 15.5. The van der Waals surface area contributed by atoms with Gasteiger partial charge >= 0.3 is 12.0 Å². The molecule has 1 rings (SSSR count). The van der Waals surface area contributed by atoms with Gasteiger partial charge in [0.05, 0.1) is 21.1 Å². The number of nitrogens with zero attached hydrogens (tertiary/aromatic N) is 2. The van der Waals surface area contributed by atoms with Crippen LogP contribution in [0.25, 0.3) is 0 Å². The number of hydrogen-bond acceptors (Lipinski definition) is 3. The molecule has 3 amide bonds. The van der Waals surface area contributed by atoms with Gasteiger partial charge in [0.15, 0.2) is 0 Å². The van der Waals surface area contributed by atoms with E-state index in [1.165, 1.54) is 11.6 Å². The Labute approximate surface area is 117 Å². The molecular weight excluding hydrogens is 260 g/mol. The average molecular weight is 278 g/mol. The molecular formula is C13H18N4O3. The Kier molecular flexibility index (Phi) is 5.08. The molecule has 20 heavy (non-hydrogen) atoms. The Bertz CT molecular complexity index is 550. The van der Waals surface area contributed by atoms with E-state index in [0.717, 1.165) is 10.5 Å². The zero-order valence-electron chi connectivity index (χ0n) is 11.9. The summed E-state index contributed by atoms with van der Waals surface area (Å²) in [6.45, 7) is 1.91. The third kappa shape index (κ3) is 4.27. The molecule has 7 heteroatoms. The van der Waals surface area contributed by atoms with E-state index in [9.17, 15) is 14.7 Å². The molecule has 2 N–H and O–H groups in total. The molecule has 7 nitrogen and oxygen atoms in total. The monoisotopic (exact) mass is 278 g/mol. The summed E-state index contributed by atoms with van der Waals surface area (Å²) in [5.41, 5.74) is 1.63. The van der Waals surface area contributed by atoms with Crippen LogP contribution < -0.4 is 15.7 Å². The Hall–Kier alpha value is -2.57. The van der Waals surface area contributed by atoms with Gasteiger partial charge < -0.3 is 9.90 Å². The van der Waals surface area contributed by atoms with E-state index in [2.05, 4.69) is 10.6 Å². The van der Waals surface area contributed by atoms with E-state index in [-0.39, 0.29) is 5.96 Å². The number of carboxylic acid groups (broad SMARTS) is 1. The van der Waals surface area contributed by atoms with E-state index in [1.807, 2.05) is 19.1 Å². The molecule has 0 aliphatic rings. The minimum Gasteiger partial charge on any atom is -0.517 e. The molecule has 0 aliphatic heterocycles. The van der Waals surface area contributed by atoms with Crippen molar-refractivity contribution >= 4 is 23.8 Å². The van der Waals surface area contributed by atoms with Crippen LogP contribution in [0.15, 0.2) is 24.3 Å². The van der Waals surface area contributed by atoms with Crippen LogP contribution in [-0.4, -0.2) is 48.7 Å². The van der Waals surface area contributed by atoms with Crippen molar-refractivity contribution in [3.8, 4) is 0 Å². The zero-order valence-corrected chi connectivity index (χ0v) is 11.9. The second kappa shape index (κ2) is 6.55. The zero-order chi connectivity index (χ0) is 15.3. The predicted molar refractivity (Wildman–Crippen MR) is 73.6 cm³/mol. The van der Waals surface area contributed by atoms with Gasteiger partial charge in [-0.15, -0.1) is 0 Å². The number of anilines is 1. The van der Waals surface area contributed by atoms with Crippen LogP contribution in [0.3, 0.4) is 0 Å². The topological polar surface area (TPSA) is 87.5 Å². The summed E-state index contributed by atoms with van der Waals surface area (Å²) in [5.74, 6) is 0.0927. The first-order valence-electron chi connectivity index (χ1n) is 5.95. The van der Waals surface area contributed by atoms with Crippen LogP contribution in [0, 0.1) is 6.92 Å². The number of carbonyl (C=O) groups is 2. The number of amides is 3. The Morgan fingerprint density at radius 2 is 1.95 bits per heavy atom. The minimum absolute atomic E-state index is 0.0927. The fraction of sp³-hybridized carbons (Fsp3) is 0.308. The number of nitrogens with one attached hydrogen (secondary N) is 2. The van der Waals surface area contributed by atoms with Crippen LogP contribution in [0.5, 0.6) is 0 Å². The van der Waals surface area contributed by atoms with E-state index in [0.29, 0.717) is 5.69 Å². The maximum Gasteiger partial charge on any atom is 0.384 e. The van der Waals surface area contributed by atoms with Crippen molar-refractivity contribution < 1.29 is 19.3 Å². The number of rotatable bonds is 1. The second-order valence-corrected chi connectivity index (χ2v) is 4.49. The molecule has 0 saturated carbocycles. The lowest BCUT2D eigenvalue weighted by atomic mass is 10.2. The highest BCUT2D eigenvalue weighted by molar-refractivity contribution is 6.04. The van der Waals surface area contributed by atoms with Crippen LogP contribution in [0.4, 0.5) is 15.3 Å². The molecule has 0 fully saturated rings. The van der Waals surface area contributed by atoms with Gasteiger partial charge in [0.2, 0.25) is 6.09 Å². The third-order valence-electron chi connectivity index (χ3n) is 2.52. The molecule has 1 aromatic rings. The molecule has 0 spiro atoms. The highest BCUT2D eigenvalue weighted by atomic mass is 16.4. The third-order valence-corrected chi connectivity index (χ3v) is 2.52. The normalized spacial score (nSPS) is 9.60. The predicted octanol–water partition coefficient (Wildman–Crippen LogP) is 0.0197. The number of benzene rings is 1. The molecule has 0 atom stereocenters. The van der Waals surface area contributed by atoms with Gasteiger partial charge in [0.1, 0.15) is 0 Å². The quantitative estimate of drug-likeness (QED) is 0.431. The van der Waals surface area contributed by atoms with Crippen LogP contribution in [0.1, 0.15) is 5.56 Å². The highest BCUT2D eigenvalue weighted by Gasteiger charge is 2.20. The Balaban J connectivity index is 2.78. The van der Waals surface area contributed by atoms with Crippen molar-refractivity contribution in [1.29, 1.82) is 0 Å². The molecule has 0 bridgehead atoms. The molecule has 0 saturated heterocycles. The summed E-state index contributed by atoms with van der Waals surface area (Å²) < 4.78 is 1.46. The van der Waals surface area contributed by atoms with Crippen LogP contribution in [-0.2, 0) is 0 Å². The minimum atomic E-state index is -1.41. The van der Waals surface area contributed by atoms with Crippen LogP contribution in [0.2, 0.25) is 0 Å². The van der Waals surface area contributed by atoms with E-state index >= 15 is 0 Å². The first-order valence-corrected chi connectivity index (χ1v) is 5.95. The first-order chi connectivity index (χ1) is 9.31. The summed E-state index contributed by atoms with van der Waals surface area (Å²) in [7, 11) is 4.51. The van der Waals surface area contributed by atoms with E-state index < -0.39 is 12.1 Å². The van der Waals surface area contributed by atoms with Gasteiger partial charge in [-0.2, -0.15) is 5.32 Å². The molecule has 0 radical (unpaired) electrons. The summed E-state index contributed by atoms with van der Waals surface area (Å²) >= 11 is 0. The van der Waals surface area contributed by atoms with Gasteiger partial charge in [-0.3, -0.25) is 9.89 Å². The molecule has 0 aromatic heterocycles. The smallest absolute Gasteiger partial charge is 0.384 e. The SMILES string of the molecule is Cc1cccc(NC(=O)NC(N(C)C(=O)[O-])=[N+](C)C)c1. The maximum atomic E-state index is 11.9. The second-order valence-electron chi connectivity index (χ2n) is 4.49. The summed E-state index contributed by atoms with van der Waals surface area (Å²) in [6.07, 6.45) is -1.41. The average Bonchev–Trinajstić information content (AvgIpc) is 2.34. The lowest BCUT2D eigenvalue weighted by Crippen LogP contribution is -2.53. The van der Waals surface area contributed by atoms with Gasteiger partial charge in [-0.25, -0.2) is 9.69 Å². The van der Waals surface area contributed by atoms with Gasteiger partial charge in [0, 0.05) is 5.69 Å². The lowest BCUT2D eigenvalue weighted by Gasteiger charge is -2.16. The summed E-state index contributed by atoms with van der Waals surface area (Å²) in [4.78, 5) is 23.5. The Morgan fingerprint density at radius 3 is 2.45 bits per heavy atom. The van der Waals surface area contributed by atoms with Crippen molar-refractivity contribution in [2.45, 2.75) is 6.92 Å². The molecule has 108 valence electrons. The molecule has 0 unspecified atom stereocenters. The van der Waals surface area contributed by atoms with Gasteiger partial charge in [-0.05, 0) is 24.6 Å². The van der Waals surface area contributed by atoms with Crippen LogP contribution >= 0.6 is 0 Å². The lowest BCUT2D eigenvalue weighted by molar-refractivity contribution is -0.471. The summed E-state index contributed by atoms with van der Waals surface area (Å²) in [6, 6.07) is 6.73. The maximum absolute atomic E-state index is 11.9. The molecule has 0 aliphatic carbocycles. The fourth-order valence-corrected chi connectivity index (χ4v) is 1.57. The van der Waals surface area contributed by atoms with E-state index in [4.69, 9.17) is 0 Å². The van der Waals surface area contributed by atoms with Crippen molar-refractivity contribution in [2.24, 2.45) is 0 Å². The number of urea groups is 1. The largest absolute Gasteiger partial charge is 0.517 e. The molecule has 0 heterocycles. The van der Waals surface area contributed by atoms with Crippen molar-refractivity contribution in [1.82, 2.24) is 10.2 Å². The van der Waals surface area contributed by atoms with Gasteiger partial charge in [0.25, 0.3) is 0 Å². The number of guanidine groups is 1. The Morgan fingerprint density at radius 1 is 1.30 bits per heavy atom. The standard InChI is InChI=1S/C13H18N4O3/c1-9-6-5-7-10(8-9)14-11(18)15-12(16(2)3)17(4)13(19)20/h5-8H,1-4H3,(H2,14,18,19,20). The van der Waals surface area contributed by atoms with Crippen molar-refractivity contribution in [3.63, 3.8) is 0 Å². The van der Waals surface area contributed by atoms with Crippen molar-refractivity contribution in [3.05, 3.63) is 29.8 Å². The number of carbonyl (C=O) groups excluding carboxylic acids is 2. The fourth-order valence-electron chi connectivity index (χ4n) is 1.57. The van der Waals surface area contributed by atoms with E-state index in [1.54, 1.807) is 26.2 Å². The highest BCUT2D eigenvalue weighted by Crippen LogP contribution is 2.08. The number of aryl methyl sites for hydroxylation is 1. The summed E-state index contributed by atoms with van der Waals surface area (Å²) in [5, 5.41) is 15.9. The van der Waals surface area contributed by atoms with Gasteiger partial charge in [-0.1, -0.05) is 12.1 Å². The number of hydrogen-bond donors (Lipinski definition) is 2. The van der Waals surface area contributed by atoms with Crippen molar-refractivity contribution in [2.75, 3.05) is 26.5 Å².